The van der Waals surface area contributed by atoms with Gasteiger partial charge in [0, 0.05) is 19.2 Å². The smallest absolute Gasteiger partial charge is 0.327 e. The van der Waals surface area contributed by atoms with Crippen molar-refractivity contribution in [1.82, 2.24) is 10.0 Å². The van der Waals surface area contributed by atoms with Crippen LogP contribution in [0.4, 0.5) is 5.69 Å². The molecule has 0 aliphatic carbocycles. The second-order valence-corrected chi connectivity index (χ2v) is 5.46. The number of piperidine rings is 1. The lowest BCUT2D eigenvalue weighted by Crippen LogP contribution is -2.51. The van der Waals surface area contributed by atoms with E-state index in [-0.39, 0.29) is 24.4 Å². The first-order chi connectivity index (χ1) is 11.5. The summed E-state index contributed by atoms with van der Waals surface area (Å²) >= 11 is 0. The normalized spacial score (nSPS) is 14.9. The lowest BCUT2D eigenvalue weighted by molar-refractivity contribution is -0.385. The molecular formula is C16H21N3O5. The Morgan fingerprint density at radius 3 is 2.54 bits per heavy atom. The fourth-order valence-electron chi connectivity index (χ4n) is 2.70. The van der Waals surface area contributed by atoms with Crippen LogP contribution in [-0.2, 0) is 9.53 Å². The van der Waals surface area contributed by atoms with E-state index in [2.05, 4.69) is 0 Å². The Balaban J connectivity index is 2.29. The van der Waals surface area contributed by atoms with Crippen molar-refractivity contribution < 1.29 is 19.2 Å². The summed E-state index contributed by atoms with van der Waals surface area (Å²) in [5.74, 6) is -1.09. The molecule has 0 N–H and O–H groups in total. The third-order valence-electron chi connectivity index (χ3n) is 3.82. The number of nitro groups is 1. The highest BCUT2D eigenvalue weighted by molar-refractivity contribution is 5.99. The van der Waals surface area contributed by atoms with Crippen LogP contribution >= 0.6 is 0 Å². The van der Waals surface area contributed by atoms with Crippen LogP contribution in [0.3, 0.4) is 0 Å². The molecular weight excluding hydrogens is 314 g/mol. The fraction of sp³-hybridized carbons (Fsp3) is 0.500. The third kappa shape index (κ3) is 4.29. The van der Waals surface area contributed by atoms with Gasteiger partial charge in [0.05, 0.1) is 11.5 Å². The molecule has 0 atom stereocenters. The summed E-state index contributed by atoms with van der Waals surface area (Å²) < 4.78 is 4.93. The van der Waals surface area contributed by atoms with Gasteiger partial charge in [-0.2, -0.15) is 0 Å². The molecule has 0 radical (unpaired) electrons. The van der Waals surface area contributed by atoms with Crippen molar-refractivity contribution >= 4 is 17.6 Å². The van der Waals surface area contributed by atoms with Crippen LogP contribution in [0.25, 0.3) is 0 Å². The summed E-state index contributed by atoms with van der Waals surface area (Å²) in [5.41, 5.74) is -0.300. The Labute approximate surface area is 140 Å². The molecule has 0 unspecified atom stereocenters. The maximum Gasteiger partial charge on any atom is 0.327 e. The number of rotatable bonds is 6. The minimum atomic E-state index is -0.591. The molecule has 1 aliphatic rings. The van der Waals surface area contributed by atoms with Crippen LogP contribution in [0.5, 0.6) is 0 Å². The standard InChI is InChI=1S/C16H21N3O5/c1-2-24-15(20)12-18(17-10-6-3-7-11-17)16(21)13-8-4-5-9-14(13)19(22)23/h4-5,8-9H,2-3,6-7,10-12H2,1H3. The number of esters is 1. The molecule has 1 amide bonds. The minimum absolute atomic E-state index is 0.0302. The van der Waals surface area contributed by atoms with Crippen LogP contribution < -0.4 is 0 Å². The average molecular weight is 335 g/mol. The highest BCUT2D eigenvalue weighted by Crippen LogP contribution is 2.22. The molecule has 1 aliphatic heterocycles. The van der Waals surface area contributed by atoms with Crippen LogP contribution in [0.15, 0.2) is 24.3 Å². The topological polar surface area (TPSA) is 93.0 Å². The van der Waals surface area contributed by atoms with E-state index in [1.165, 1.54) is 23.2 Å². The number of nitro benzene ring substituents is 1. The van der Waals surface area contributed by atoms with Crippen molar-refractivity contribution in [2.75, 3.05) is 26.2 Å². The number of carbonyl (C=O) groups excluding carboxylic acids is 2. The van der Waals surface area contributed by atoms with Gasteiger partial charge in [0.1, 0.15) is 12.1 Å². The first kappa shape index (κ1) is 17.9. The Hall–Kier alpha value is -2.48. The fourth-order valence-corrected chi connectivity index (χ4v) is 2.70. The maximum atomic E-state index is 12.9. The van der Waals surface area contributed by atoms with Crippen molar-refractivity contribution in [3.8, 4) is 0 Å². The van der Waals surface area contributed by atoms with Crippen molar-refractivity contribution in [3.63, 3.8) is 0 Å². The zero-order valence-electron chi connectivity index (χ0n) is 13.6. The quantitative estimate of drug-likeness (QED) is 0.448. The van der Waals surface area contributed by atoms with Crippen molar-refractivity contribution in [2.24, 2.45) is 0 Å². The van der Waals surface area contributed by atoms with Crippen LogP contribution in [0.1, 0.15) is 36.5 Å². The number of carbonyl (C=O) groups is 2. The predicted octanol–water partition coefficient (Wildman–Crippen LogP) is 2.00. The molecule has 0 saturated carbocycles. The maximum absolute atomic E-state index is 12.9. The molecule has 24 heavy (non-hydrogen) atoms. The number of hydrazine groups is 1. The van der Waals surface area contributed by atoms with Crippen molar-refractivity contribution in [1.29, 1.82) is 0 Å². The van der Waals surface area contributed by atoms with Gasteiger partial charge < -0.3 is 4.74 Å². The van der Waals surface area contributed by atoms with Gasteiger partial charge >= 0.3 is 5.97 Å². The van der Waals surface area contributed by atoms with Gasteiger partial charge in [-0.05, 0) is 25.8 Å². The Morgan fingerprint density at radius 2 is 1.92 bits per heavy atom. The first-order valence-electron chi connectivity index (χ1n) is 8.00. The van der Waals surface area contributed by atoms with Gasteiger partial charge in [0.15, 0.2) is 0 Å². The predicted molar refractivity (Wildman–Crippen MR) is 86.2 cm³/mol. The number of hydrogen-bond acceptors (Lipinski definition) is 6. The number of para-hydroxylation sites is 1. The molecule has 1 fully saturated rings. The molecule has 8 nitrogen and oxygen atoms in total. The number of benzene rings is 1. The highest BCUT2D eigenvalue weighted by Gasteiger charge is 2.30. The number of nitrogens with zero attached hydrogens (tertiary/aromatic N) is 3. The lowest BCUT2D eigenvalue weighted by atomic mass is 10.1. The Bertz CT molecular complexity index is 613. The molecule has 1 aromatic carbocycles. The molecule has 1 saturated heterocycles. The zero-order chi connectivity index (χ0) is 17.5. The monoisotopic (exact) mass is 335 g/mol. The summed E-state index contributed by atoms with van der Waals surface area (Å²) in [4.78, 5) is 35.3. The largest absolute Gasteiger partial charge is 0.465 e. The Morgan fingerprint density at radius 1 is 1.25 bits per heavy atom. The van der Waals surface area contributed by atoms with E-state index < -0.39 is 16.8 Å². The number of ether oxygens (including phenoxy) is 1. The van der Waals surface area contributed by atoms with Crippen molar-refractivity contribution in [2.45, 2.75) is 26.2 Å². The summed E-state index contributed by atoms with van der Waals surface area (Å²) in [7, 11) is 0. The van der Waals surface area contributed by atoms with E-state index in [0.29, 0.717) is 13.1 Å². The Kier molecular flexibility index (Phi) is 6.25. The van der Waals surface area contributed by atoms with E-state index >= 15 is 0 Å². The summed E-state index contributed by atoms with van der Waals surface area (Å²) in [6.45, 7) is 2.91. The van der Waals surface area contributed by atoms with Crippen LogP contribution in [-0.4, -0.2) is 53.1 Å². The van der Waals surface area contributed by atoms with Gasteiger partial charge in [-0.25, -0.2) is 5.01 Å². The molecule has 2 rings (SSSR count). The molecule has 1 aromatic rings. The second kappa shape index (κ2) is 8.39. The van der Waals surface area contributed by atoms with Gasteiger partial charge in [0.25, 0.3) is 11.6 Å². The van der Waals surface area contributed by atoms with Gasteiger partial charge in [-0.15, -0.1) is 0 Å². The molecule has 1 heterocycles. The highest BCUT2D eigenvalue weighted by atomic mass is 16.6. The molecule has 0 aromatic heterocycles. The lowest BCUT2D eigenvalue weighted by Gasteiger charge is -2.36. The molecule has 0 bridgehead atoms. The van der Waals surface area contributed by atoms with E-state index in [4.69, 9.17) is 4.74 Å². The second-order valence-electron chi connectivity index (χ2n) is 5.46. The average Bonchev–Trinajstić information content (AvgIpc) is 2.60. The van der Waals surface area contributed by atoms with E-state index in [9.17, 15) is 19.7 Å². The van der Waals surface area contributed by atoms with Crippen molar-refractivity contribution in [3.05, 3.63) is 39.9 Å². The molecule has 130 valence electrons. The van der Waals surface area contributed by atoms with E-state index in [0.717, 1.165) is 19.3 Å². The molecule has 8 heteroatoms. The number of hydrogen-bond donors (Lipinski definition) is 0. The SMILES string of the molecule is CCOC(=O)CN(C(=O)c1ccccc1[N+](=O)[O-])N1CCCCC1. The van der Waals surface area contributed by atoms with Crippen LogP contribution in [0.2, 0.25) is 0 Å². The summed E-state index contributed by atoms with van der Waals surface area (Å²) in [6, 6.07) is 5.76. The van der Waals surface area contributed by atoms with Crippen LogP contribution in [0, 0.1) is 10.1 Å². The first-order valence-corrected chi connectivity index (χ1v) is 8.00. The van der Waals surface area contributed by atoms with Gasteiger partial charge in [-0.3, -0.25) is 24.7 Å². The van der Waals surface area contributed by atoms with E-state index in [1.54, 1.807) is 18.0 Å². The third-order valence-corrected chi connectivity index (χ3v) is 3.82. The summed E-state index contributed by atoms with van der Waals surface area (Å²) in [6.07, 6.45) is 2.87. The minimum Gasteiger partial charge on any atom is -0.465 e. The zero-order valence-corrected chi connectivity index (χ0v) is 13.6. The molecule has 0 spiro atoms. The van der Waals surface area contributed by atoms with Gasteiger partial charge in [-0.1, -0.05) is 18.6 Å². The van der Waals surface area contributed by atoms with Gasteiger partial charge in [0.2, 0.25) is 0 Å². The number of amides is 1. The summed E-state index contributed by atoms with van der Waals surface area (Å²) in [5, 5.41) is 14.2. The van der Waals surface area contributed by atoms with E-state index in [1.807, 2.05) is 0 Å².